The summed E-state index contributed by atoms with van der Waals surface area (Å²) in [6.07, 6.45) is 0.350. The fraction of sp³-hybridized carbons (Fsp3) is 0.300. The van der Waals surface area contributed by atoms with Crippen LogP contribution >= 0.6 is 24.0 Å². The lowest BCUT2D eigenvalue weighted by Gasteiger charge is -2.26. The molecule has 0 saturated carbocycles. The highest BCUT2D eigenvalue weighted by molar-refractivity contribution is 14.0. The van der Waals surface area contributed by atoms with Crippen LogP contribution in [0.4, 0.5) is 10.1 Å². The van der Waals surface area contributed by atoms with Crippen LogP contribution in [0.3, 0.4) is 0 Å². The number of carbonyl (C=O) groups excluding carboxylic acids is 1. The molecule has 1 aliphatic rings. The van der Waals surface area contributed by atoms with Crippen LogP contribution in [0.25, 0.3) is 0 Å². The number of para-hydroxylation sites is 1. The van der Waals surface area contributed by atoms with Crippen molar-refractivity contribution in [2.75, 3.05) is 31.2 Å². The Labute approximate surface area is 192 Å². The van der Waals surface area contributed by atoms with E-state index in [-0.39, 0.29) is 53.0 Å². The van der Waals surface area contributed by atoms with Crippen LogP contribution in [0, 0.1) is 5.82 Å². The summed E-state index contributed by atoms with van der Waals surface area (Å²) in [5.74, 6) is -0.694. The van der Waals surface area contributed by atoms with Gasteiger partial charge in [-0.25, -0.2) is 12.8 Å². The number of nitrogens with one attached hydrogen (secondary N) is 3. The molecule has 0 saturated heterocycles. The molecule has 0 fully saturated rings. The molecule has 7 nitrogen and oxygen atoms in total. The van der Waals surface area contributed by atoms with Crippen molar-refractivity contribution in [3.8, 4) is 0 Å². The monoisotopic (exact) mass is 546 g/mol. The zero-order chi connectivity index (χ0) is 20.9. The number of rotatable bonds is 6. The van der Waals surface area contributed by atoms with Gasteiger partial charge in [0.2, 0.25) is 5.91 Å². The minimum absolute atomic E-state index is 0. The topological polar surface area (TPSA) is 99.7 Å². The van der Waals surface area contributed by atoms with Crippen molar-refractivity contribution in [3.05, 3.63) is 59.9 Å². The number of benzene rings is 2. The average molecular weight is 546 g/mol. The van der Waals surface area contributed by atoms with Crippen LogP contribution in [0.15, 0.2) is 58.4 Å². The first-order chi connectivity index (χ1) is 13.9. The molecule has 0 bridgehead atoms. The van der Waals surface area contributed by atoms with Gasteiger partial charge in [0.1, 0.15) is 10.7 Å². The Bertz CT molecular complexity index is 1030. The van der Waals surface area contributed by atoms with E-state index in [0.717, 1.165) is 17.3 Å². The first kappa shape index (κ1) is 24.1. The molecule has 1 atom stereocenters. The molecule has 3 N–H and O–H groups in total. The summed E-state index contributed by atoms with van der Waals surface area (Å²) < 4.78 is 38.4. The number of fused-ring (bicyclic) bond motifs is 1. The van der Waals surface area contributed by atoms with Crippen molar-refractivity contribution in [2.24, 2.45) is 4.99 Å². The molecule has 3 rings (SSSR count). The van der Waals surface area contributed by atoms with Crippen LogP contribution in [0.1, 0.15) is 17.9 Å². The van der Waals surface area contributed by atoms with E-state index >= 15 is 0 Å². The summed E-state index contributed by atoms with van der Waals surface area (Å²) >= 11 is 0. The van der Waals surface area contributed by atoms with Gasteiger partial charge in [-0.3, -0.25) is 9.79 Å². The Morgan fingerprint density at radius 3 is 2.60 bits per heavy atom. The van der Waals surface area contributed by atoms with Crippen LogP contribution in [-0.2, 0) is 14.6 Å². The smallest absolute Gasteiger partial charge is 0.225 e. The molecule has 1 amide bonds. The van der Waals surface area contributed by atoms with Gasteiger partial charge in [-0.1, -0.05) is 30.3 Å². The van der Waals surface area contributed by atoms with E-state index in [4.69, 9.17) is 0 Å². The number of nitrogens with zero attached hydrogens (tertiary/aromatic N) is 1. The molecule has 30 heavy (non-hydrogen) atoms. The fourth-order valence-corrected chi connectivity index (χ4v) is 4.48. The van der Waals surface area contributed by atoms with Gasteiger partial charge < -0.3 is 16.0 Å². The SMILES string of the molecule is CN=C(NCCS(=O)(=O)c1ccccc1F)NCC1CC(=O)Nc2ccccc21.I. The molecule has 0 aromatic heterocycles. The second-order valence-electron chi connectivity index (χ2n) is 6.67. The van der Waals surface area contributed by atoms with Crippen molar-refractivity contribution in [3.63, 3.8) is 0 Å². The first-order valence-electron chi connectivity index (χ1n) is 9.21. The van der Waals surface area contributed by atoms with E-state index in [2.05, 4.69) is 20.9 Å². The van der Waals surface area contributed by atoms with Crippen LogP contribution in [-0.4, -0.2) is 46.2 Å². The number of hydrogen-bond acceptors (Lipinski definition) is 4. The second-order valence-corrected chi connectivity index (χ2v) is 8.74. The van der Waals surface area contributed by atoms with Gasteiger partial charge in [-0.2, -0.15) is 0 Å². The third kappa shape index (κ3) is 5.91. The standard InChI is InChI=1S/C20H23FN4O3S.HI/c1-22-20(23-10-11-29(27,28)18-9-5-3-7-16(18)21)24-13-14-12-19(26)25-17-8-4-2-6-15(14)17;/h2-9,14H,10-13H2,1H3,(H,25,26)(H2,22,23,24);1H. The molecular weight excluding hydrogens is 522 g/mol. The highest BCUT2D eigenvalue weighted by Crippen LogP contribution is 2.31. The first-order valence-corrected chi connectivity index (χ1v) is 10.9. The molecule has 2 aromatic carbocycles. The zero-order valence-corrected chi connectivity index (χ0v) is 19.5. The van der Waals surface area contributed by atoms with E-state index in [1.807, 2.05) is 24.3 Å². The number of carbonyl (C=O) groups is 1. The van der Waals surface area contributed by atoms with Gasteiger partial charge in [0.25, 0.3) is 0 Å². The number of aliphatic imine (C=N–C) groups is 1. The number of amides is 1. The number of sulfone groups is 1. The summed E-state index contributed by atoms with van der Waals surface area (Å²) in [6, 6.07) is 12.9. The predicted molar refractivity (Wildman–Crippen MR) is 126 cm³/mol. The summed E-state index contributed by atoms with van der Waals surface area (Å²) in [7, 11) is -2.18. The maximum Gasteiger partial charge on any atom is 0.225 e. The highest BCUT2D eigenvalue weighted by Gasteiger charge is 2.25. The molecule has 1 heterocycles. The van der Waals surface area contributed by atoms with Gasteiger partial charge >= 0.3 is 0 Å². The number of anilines is 1. The molecule has 162 valence electrons. The lowest BCUT2D eigenvalue weighted by molar-refractivity contribution is -0.116. The van der Waals surface area contributed by atoms with Crippen molar-refractivity contribution < 1.29 is 17.6 Å². The maximum absolute atomic E-state index is 13.7. The normalized spacial score (nSPS) is 16.1. The highest BCUT2D eigenvalue weighted by atomic mass is 127. The minimum atomic E-state index is -3.75. The molecule has 1 aliphatic heterocycles. The van der Waals surface area contributed by atoms with E-state index in [1.54, 1.807) is 7.05 Å². The quantitative estimate of drug-likeness (QED) is 0.294. The largest absolute Gasteiger partial charge is 0.356 e. The summed E-state index contributed by atoms with van der Waals surface area (Å²) in [6.45, 7) is 0.530. The zero-order valence-electron chi connectivity index (χ0n) is 16.4. The van der Waals surface area contributed by atoms with Gasteiger partial charge in [-0.05, 0) is 23.8 Å². The fourth-order valence-electron chi connectivity index (χ4n) is 3.24. The van der Waals surface area contributed by atoms with Crippen LogP contribution < -0.4 is 16.0 Å². The van der Waals surface area contributed by atoms with Crippen molar-refractivity contribution in [1.29, 1.82) is 0 Å². The van der Waals surface area contributed by atoms with Gasteiger partial charge in [0.05, 0.1) is 5.75 Å². The van der Waals surface area contributed by atoms with Crippen LogP contribution in [0.5, 0.6) is 0 Å². The van der Waals surface area contributed by atoms with E-state index in [1.165, 1.54) is 18.2 Å². The molecule has 0 radical (unpaired) electrons. The van der Waals surface area contributed by atoms with Gasteiger partial charge in [0.15, 0.2) is 15.8 Å². The third-order valence-electron chi connectivity index (χ3n) is 4.68. The lowest BCUT2D eigenvalue weighted by Crippen LogP contribution is -2.42. The molecule has 0 aliphatic carbocycles. The molecular formula is C20H24FIN4O3S. The number of halogens is 2. The average Bonchev–Trinajstić information content (AvgIpc) is 2.70. The molecule has 1 unspecified atom stereocenters. The third-order valence-corrected chi connectivity index (χ3v) is 6.42. The van der Waals surface area contributed by atoms with Gasteiger partial charge in [-0.15, -0.1) is 24.0 Å². The lowest BCUT2D eigenvalue weighted by atomic mass is 9.90. The number of guanidine groups is 1. The van der Waals surface area contributed by atoms with E-state index in [0.29, 0.717) is 18.9 Å². The van der Waals surface area contributed by atoms with Crippen molar-refractivity contribution >= 4 is 51.4 Å². The van der Waals surface area contributed by atoms with Gasteiger partial charge in [0, 0.05) is 38.2 Å². The summed E-state index contributed by atoms with van der Waals surface area (Å²) in [4.78, 5) is 15.7. The number of hydrogen-bond donors (Lipinski definition) is 3. The maximum atomic E-state index is 13.7. The van der Waals surface area contributed by atoms with Crippen LogP contribution in [0.2, 0.25) is 0 Å². The Morgan fingerprint density at radius 2 is 1.87 bits per heavy atom. The Hall–Kier alpha value is -2.21. The molecule has 10 heteroatoms. The molecule has 0 spiro atoms. The Morgan fingerprint density at radius 1 is 1.17 bits per heavy atom. The Balaban J connectivity index is 0.00000320. The second kappa shape index (κ2) is 10.7. The summed E-state index contributed by atoms with van der Waals surface area (Å²) in [5.41, 5.74) is 1.84. The van der Waals surface area contributed by atoms with E-state index in [9.17, 15) is 17.6 Å². The molecule has 2 aromatic rings. The van der Waals surface area contributed by atoms with E-state index < -0.39 is 15.7 Å². The summed E-state index contributed by atoms with van der Waals surface area (Å²) in [5, 5.41) is 8.91. The Kier molecular flexibility index (Phi) is 8.59. The van der Waals surface area contributed by atoms with Crippen molar-refractivity contribution in [2.45, 2.75) is 17.2 Å². The minimum Gasteiger partial charge on any atom is -0.356 e. The van der Waals surface area contributed by atoms with Crippen molar-refractivity contribution in [1.82, 2.24) is 10.6 Å². The predicted octanol–water partition coefficient (Wildman–Crippen LogP) is 2.51.